The van der Waals surface area contributed by atoms with Gasteiger partial charge in [0.15, 0.2) is 0 Å². The lowest BCUT2D eigenvalue weighted by Crippen LogP contribution is -2.48. The second-order valence-electron chi connectivity index (χ2n) is 9.55. The van der Waals surface area contributed by atoms with Crippen LogP contribution in [0.2, 0.25) is 0 Å². The molecule has 3 saturated carbocycles. The van der Waals surface area contributed by atoms with Gasteiger partial charge in [-0.3, -0.25) is 0 Å². The van der Waals surface area contributed by atoms with E-state index in [1.807, 2.05) is 0 Å². The van der Waals surface area contributed by atoms with Gasteiger partial charge in [-0.05, 0) is 99.5 Å². The van der Waals surface area contributed by atoms with E-state index in [0.29, 0.717) is 0 Å². The first-order valence-electron chi connectivity index (χ1n) is 10.2. The fraction of sp³-hybridized carbons (Fsp3) is 1.00. The van der Waals surface area contributed by atoms with E-state index < -0.39 is 0 Å². The van der Waals surface area contributed by atoms with Crippen LogP contribution in [0.1, 0.15) is 79.1 Å². The Morgan fingerprint density at radius 2 is 1.36 bits per heavy atom. The molecular weight excluding hydrogens is 266 g/mol. The van der Waals surface area contributed by atoms with Crippen molar-refractivity contribution in [2.45, 2.75) is 79.1 Å². The van der Waals surface area contributed by atoms with E-state index in [9.17, 15) is 0 Å². The number of hydrogen-bond acceptors (Lipinski definition) is 1. The standard InChI is InChI=1S/C11H20.C10H19N/c1-9(2)11-6-3-10(4-7-11)5-8-11;1-8(2)10-7-11-5-3-9(10)4-6-11/h9-10H,3-8H2,1-2H3;8-10H,3-7H2,1-2H3. The summed E-state index contributed by atoms with van der Waals surface area (Å²) >= 11 is 0. The Labute approximate surface area is 139 Å². The minimum atomic E-state index is 0.786. The highest BCUT2D eigenvalue weighted by molar-refractivity contribution is 4.93. The molecule has 1 unspecified atom stereocenters. The van der Waals surface area contributed by atoms with E-state index in [0.717, 1.165) is 35.0 Å². The summed E-state index contributed by atoms with van der Waals surface area (Å²) < 4.78 is 0. The predicted molar refractivity (Wildman–Crippen MR) is 96.0 cm³/mol. The maximum Gasteiger partial charge on any atom is 0.00148 e. The summed E-state index contributed by atoms with van der Waals surface area (Å²) in [4.78, 5) is 2.64. The van der Waals surface area contributed by atoms with Crippen molar-refractivity contribution in [1.82, 2.24) is 4.90 Å². The first-order chi connectivity index (χ1) is 10.5. The molecule has 0 spiro atoms. The van der Waals surface area contributed by atoms with Gasteiger partial charge in [0.1, 0.15) is 0 Å². The molecule has 1 atom stereocenters. The van der Waals surface area contributed by atoms with Crippen molar-refractivity contribution < 1.29 is 0 Å². The van der Waals surface area contributed by atoms with Gasteiger partial charge in [-0.25, -0.2) is 0 Å². The fourth-order valence-electron chi connectivity index (χ4n) is 5.91. The molecular formula is C21H39N. The molecule has 6 fully saturated rings. The van der Waals surface area contributed by atoms with Crippen molar-refractivity contribution in [3.05, 3.63) is 0 Å². The average molecular weight is 306 g/mol. The van der Waals surface area contributed by atoms with Gasteiger partial charge in [0, 0.05) is 6.54 Å². The third-order valence-corrected chi connectivity index (χ3v) is 7.94. The molecule has 3 saturated heterocycles. The second-order valence-corrected chi connectivity index (χ2v) is 9.55. The van der Waals surface area contributed by atoms with Crippen molar-refractivity contribution in [1.29, 1.82) is 0 Å². The summed E-state index contributed by atoms with van der Waals surface area (Å²) in [5.74, 6) is 5.04. The molecule has 4 bridgehead atoms. The molecule has 0 aromatic carbocycles. The lowest BCUT2D eigenvalue weighted by molar-refractivity contribution is 0.0218. The molecule has 6 aliphatic rings. The van der Waals surface area contributed by atoms with E-state index in [4.69, 9.17) is 0 Å². The highest BCUT2D eigenvalue weighted by Crippen LogP contribution is 2.54. The normalized spacial score (nSPS) is 43.4. The van der Waals surface area contributed by atoms with E-state index >= 15 is 0 Å². The first-order valence-corrected chi connectivity index (χ1v) is 10.2. The lowest BCUT2D eigenvalue weighted by atomic mass is 9.56. The summed E-state index contributed by atoms with van der Waals surface area (Å²) in [5.41, 5.74) is 0.786. The summed E-state index contributed by atoms with van der Waals surface area (Å²) in [6.45, 7) is 13.8. The number of piperidine rings is 3. The fourth-order valence-corrected chi connectivity index (χ4v) is 5.91. The number of nitrogens with zero attached hydrogens (tertiary/aromatic N) is 1. The molecule has 0 N–H and O–H groups in total. The van der Waals surface area contributed by atoms with Crippen molar-refractivity contribution in [2.24, 2.45) is 35.0 Å². The van der Waals surface area contributed by atoms with Crippen LogP contribution >= 0.6 is 0 Å². The molecule has 1 nitrogen and oxygen atoms in total. The maximum absolute atomic E-state index is 2.64. The van der Waals surface area contributed by atoms with E-state index in [2.05, 4.69) is 32.6 Å². The monoisotopic (exact) mass is 305 g/mol. The third kappa shape index (κ3) is 3.40. The first kappa shape index (κ1) is 16.8. The van der Waals surface area contributed by atoms with Gasteiger partial charge < -0.3 is 4.90 Å². The van der Waals surface area contributed by atoms with Crippen LogP contribution in [0.25, 0.3) is 0 Å². The topological polar surface area (TPSA) is 3.24 Å². The molecule has 6 rings (SSSR count). The van der Waals surface area contributed by atoms with Gasteiger partial charge >= 0.3 is 0 Å². The second kappa shape index (κ2) is 6.83. The zero-order valence-corrected chi connectivity index (χ0v) is 15.6. The van der Waals surface area contributed by atoms with Crippen LogP contribution in [0.4, 0.5) is 0 Å². The molecule has 3 aliphatic carbocycles. The van der Waals surface area contributed by atoms with Crippen molar-refractivity contribution in [2.75, 3.05) is 19.6 Å². The van der Waals surface area contributed by atoms with Gasteiger partial charge in [-0.15, -0.1) is 0 Å². The molecule has 0 amide bonds. The van der Waals surface area contributed by atoms with Gasteiger partial charge in [0.2, 0.25) is 0 Å². The van der Waals surface area contributed by atoms with Crippen molar-refractivity contribution in [3.63, 3.8) is 0 Å². The molecule has 1 heteroatoms. The number of rotatable bonds is 2. The molecule has 3 heterocycles. The van der Waals surface area contributed by atoms with Gasteiger partial charge in [-0.1, -0.05) is 27.7 Å². The van der Waals surface area contributed by atoms with Crippen LogP contribution in [0.5, 0.6) is 0 Å². The van der Waals surface area contributed by atoms with Crippen LogP contribution in [0.3, 0.4) is 0 Å². The summed E-state index contributed by atoms with van der Waals surface area (Å²) in [5, 5.41) is 0. The summed E-state index contributed by atoms with van der Waals surface area (Å²) in [7, 11) is 0. The number of fused-ring (bicyclic) bond motifs is 6. The largest absolute Gasteiger partial charge is 0.303 e. The minimum absolute atomic E-state index is 0.786. The molecule has 0 aromatic heterocycles. The van der Waals surface area contributed by atoms with E-state index in [1.165, 1.54) is 71.0 Å². The zero-order chi connectivity index (χ0) is 15.7. The molecule has 3 aliphatic heterocycles. The van der Waals surface area contributed by atoms with Crippen molar-refractivity contribution in [3.8, 4) is 0 Å². The molecule has 0 radical (unpaired) electrons. The van der Waals surface area contributed by atoms with Gasteiger partial charge in [0.05, 0.1) is 0 Å². The van der Waals surface area contributed by atoms with Gasteiger partial charge in [-0.2, -0.15) is 0 Å². The maximum atomic E-state index is 2.64. The van der Waals surface area contributed by atoms with Crippen LogP contribution < -0.4 is 0 Å². The predicted octanol–water partition coefficient (Wildman–Crippen LogP) is 5.60. The number of hydrogen-bond donors (Lipinski definition) is 0. The smallest absolute Gasteiger partial charge is 0.00148 e. The molecule has 22 heavy (non-hydrogen) atoms. The van der Waals surface area contributed by atoms with Crippen molar-refractivity contribution >= 4 is 0 Å². The van der Waals surface area contributed by atoms with Crippen LogP contribution in [0, 0.1) is 35.0 Å². The Bertz CT molecular complexity index is 329. The minimum Gasteiger partial charge on any atom is -0.303 e. The molecule has 0 aromatic rings. The highest BCUT2D eigenvalue weighted by atomic mass is 15.1. The Balaban J connectivity index is 0.000000131. The van der Waals surface area contributed by atoms with E-state index in [-0.39, 0.29) is 0 Å². The quantitative estimate of drug-likeness (QED) is 0.642. The SMILES string of the molecule is CC(C)C12CCC(CC1)CC2.CC(C)C1CN2CCC1CC2. The third-order valence-electron chi connectivity index (χ3n) is 7.94. The Morgan fingerprint density at radius 3 is 1.64 bits per heavy atom. The summed E-state index contributed by atoms with van der Waals surface area (Å²) in [6.07, 6.45) is 12.2. The van der Waals surface area contributed by atoms with Crippen LogP contribution in [-0.4, -0.2) is 24.5 Å². The highest BCUT2D eigenvalue weighted by Gasteiger charge is 2.42. The van der Waals surface area contributed by atoms with Gasteiger partial charge in [0.25, 0.3) is 0 Å². The molecule has 128 valence electrons. The van der Waals surface area contributed by atoms with E-state index in [1.54, 1.807) is 0 Å². The Hall–Kier alpha value is -0.0400. The Kier molecular flexibility index (Phi) is 5.22. The summed E-state index contributed by atoms with van der Waals surface area (Å²) in [6, 6.07) is 0. The Morgan fingerprint density at radius 1 is 0.818 bits per heavy atom. The van der Waals surface area contributed by atoms with Crippen LogP contribution in [-0.2, 0) is 0 Å². The van der Waals surface area contributed by atoms with Crippen LogP contribution in [0.15, 0.2) is 0 Å². The zero-order valence-electron chi connectivity index (χ0n) is 15.6. The lowest BCUT2D eigenvalue weighted by Gasteiger charge is -2.49. The average Bonchev–Trinajstić information content (AvgIpc) is 2.58.